The van der Waals surface area contributed by atoms with E-state index in [2.05, 4.69) is 16.0 Å². The number of hydrogen-bond donors (Lipinski definition) is 3. The second kappa shape index (κ2) is 12.3. The summed E-state index contributed by atoms with van der Waals surface area (Å²) in [6.07, 6.45) is 0. The van der Waals surface area contributed by atoms with Crippen LogP contribution >= 0.6 is 0 Å². The van der Waals surface area contributed by atoms with E-state index in [1.54, 1.807) is 60.7 Å². The maximum Gasteiger partial charge on any atom is 0.340 e. The lowest BCUT2D eigenvalue weighted by Gasteiger charge is -2.16. The van der Waals surface area contributed by atoms with Crippen LogP contribution in [0.4, 0.5) is 21.5 Å². The summed E-state index contributed by atoms with van der Waals surface area (Å²) in [5, 5.41) is 8.61. The van der Waals surface area contributed by atoms with Gasteiger partial charge in [0.15, 0.2) is 6.61 Å². The van der Waals surface area contributed by atoms with Gasteiger partial charge in [-0.1, -0.05) is 54.6 Å². The van der Waals surface area contributed by atoms with Crippen molar-refractivity contribution in [3.8, 4) is 0 Å². The Labute approximate surface area is 219 Å². The summed E-state index contributed by atoms with van der Waals surface area (Å²) < 4.78 is 18.4. The first kappa shape index (κ1) is 26.1. The standard InChI is InChI=1S/C30H26FN3O4/c1-20(21-9-3-2-4-10-21)32-29(36)24-11-5-7-13-26(24)34-28(35)19-38-30(37)25-12-6-8-14-27(25)33-23-17-15-22(31)16-18-23/h2-18,20,33H,19H2,1H3,(H,32,36)(H,34,35). The molecule has 4 aromatic rings. The van der Waals surface area contributed by atoms with Gasteiger partial charge in [-0.05, 0) is 61.0 Å². The molecule has 1 atom stereocenters. The highest BCUT2D eigenvalue weighted by molar-refractivity contribution is 6.05. The molecule has 2 amide bonds. The van der Waals surface area contributed by atoms with Gasteiger partial charge >= 0.3 is 5.97 Å². The molecule has 4 rings (SSSR count). The van der Waals surface area contributed by atoms with Crippen LogP contribution in [-0.2, 0) is 9.53 Å². The Hall–Kier alpha value is -4.98. The van der Waals surface area contributed by atoms with E-state index in [1.165, 1.54) is 12.1 Å². The van der Waals surface area contributed by atoms with Crippen molar-refractivity contribution in [2.45, 2.75) is 13.0 Å². The number of hydrogen-bond acceptors (Lipinski definition) is 5. The average molecular weight is 512 g/mol. The van der Waals surface area contributed by atoms with Crippen LogP contribution in [0, 0.1) is 5.82 Å². The highest BCUT2D eigenvalue weighted by Gasteiger charge is 2.18. The molecule has 0 aliphatic carbocycles. The number of halogens is 1. The van der Waals surface area contributed by atoms with Crippen LogP contribution in [0.1, 0.15) is 39.2 Å². The molecule has 0 aromatic heterocycles. The highest BCUT2D eigenvalue weighted by atomic mass is 19.1. The van der Waals surface area contributed by atoms with Crippen molar-refractivity contribution in [3.05, 3.63) is 126 Å². The molecule has 0 bridgehead atoms. The van der Waals surface area contributed by atoms with Crippen LogP contribution in [0.5, 0.6) is 0 Å². The first-order valence-electron chi connectivity index (χ1n) is 11.9. The summed E-state index contributed by atoms with van der Waals surface area (Å²) in [6, 6.07) is 28.2. The highest BCUT2D eigenvalue weighted by Crippen LogP contribution is 2.22. The van der Waals surface area contributed by atoms with E-state index in [-0.39, 0.29) is 28.9 Å². The van der Waals surface area contributed by atoms with E-state index in [9.17, 15) is 18.8 Å². The SMILES string of the molecule is CC(NC(=O)c1ccccc1NC(=O)COC(=O)c1ccccc1Nc1ccc(F)cc1)c1ccccc1. The number of nitrogens with one attached hydrogen (secondary N) is 3. The molecule has 0 heterocycles. The molecule has 4 aromatic carbocycles. The maximum absolute atomic E-state index is 13.2. The fraction of sp³-hybridized carbons (Fsp3) is 0.100. The molecule has 7 nitrogen and oxygen atoms in total. The summed E-state index contributed by atoms with van der Waals surface area (Å²) in [4.78, 5) is 38.2. The second-order valence-corrected chi connectivity index (χ2v) is 8.45. The van der Waals surface area contributed by atoms with Gasteiger partial charge in [0.2, 0.25) is 0 Å². The molecule has 0 saturated heterocycles. The monoisotopic (exact) mass is 511 g/mol. The largest absolute Gasteiger partial charge is 0.452 e. The van der Waals surface area contributed by atoms with E-state index >= 15 is 0 Å². The van der Waals surface area contributed by atoms with Gasteiger partial charge in [-0.2, -0.15) is 0 Å². The third kappa shape index (κ3) is 6.82. The van der Waals surface area contributed by atoms with Gasteiger partial charge in [-0.3, -0.25) is 9.59 Å². The van der Waals surface area contributed by atoms with Gasteiger partial charge in [0, 0.05) is 5.69 Å². The molecule has 192 valence electrons. The van der Waals surface area contributed by atoms with Crippen LogP contribution in [0.25, 0.3) is 0 Å². The molecule has 0 fully saturated rings. The van der Waals surface area contributed by atoms with E-state index < -0.39 is 18.5 Å². The van der Waals surface area contributed by atoms with E-state index in [0.717, 1.165) is 5.56 Å². The second-order valence-electron chi connectivity index (χ2n) is 8.45. The van der Waals surface area contributed by atoms with Crippen molar-refractivity contribution >= 4 is 34.8 Å². The normalized spacial score (nSPS) is 11.2. The molecular weight excluding hydrogens is 485 g/mol. The fourth-order valence-electron chi connectivity index (χ4n) is 3.74. The molecule has 0 radical (unpaired) electrons. The summed E-state index contributed by atoms with van der Waals surface area (Å²) >= 11 is 0. The Morgan fingerprint density at radius 2 is 1.37 bits per heavy atom. The fourth-order valence-corrected chi connectivity index (χ4v) is 3.74. The van der Waals surface area contributed by atoms with Crippen LogP contribution in [-0.4, -0.2) is 24.4 Å². The van der Waals surface area contributed by atoms with Gasteiger partial charge in [0.05, 0.1) is 28.5 Å². The lowest BCUT2D eigenvalue weighted by molar-refractivity contribution is -0.119. The van der Waals surface area contributed by atoms with E-state index in [0.29, 0.717) is 17.1 Å². The minimum Gasteiger partial charge on any atom is -0.452 e. The first-order valence-corrected chi connectivity index (χ1v) is 11.9. The zero-order chi connectivity index (χ0) is 26.9. The number of benzene rings is 4. The third-order valence-electron chi connectivity index (χ3n) is 5.70. The van der Waals surface area contributed by atoms with Gasteiger partial charge in [-0.15, -0.1) is 0 Å². The average Bonchev–Trinajstić information content (AvgIpc) is 2.94. The molecule has 0 aliphatic heterocycles. The molecule has 0 aliphatic rings. The molecular formula is C30H26FN3O4. The smallest absolute Gasteiger partial charge is 0.340 e. The number of ether oxygens (including phenoxy) is 1. The number of para-hydroxylation sites is 2. The Kier molecular flexibility index (Phi) is 8.46. The van der Waals surface area contributed by atoms with Gasteiger partial charge in [-0.25, -0.2) is 9.18 Å². The van der Waals surface area contributed by atoms with Gasteiger partial charge in [0.25, 0.3) is 11.8 Å². The maximum atomic E-state index is 13.2. The van der Waals surface area contributed by atoms with Gasteiger partial charge < -0.3 is 20.7 Å². The lowest BCUT2D eigenvalue weighted by atomic mass is 10.1. The van der Waals surface area contributed by atoms with Gasteiger partial charge in [0.1, 0.15) is 5.82 Å². The molecule has 0 spiro atoms. The van der Waals surface area contributed by atoms with Crippen molar-refractivity contribution in [1.29, 1.82) is 0 Å². The summed E-state index contributed by atoms with van der Waals surface area (Å²) in [5.41, 5.74) is 2.76. The van der Waals surface area contributed by atoms with Crippen LogP contribution in [0.2, 0.25) is 0 Å². The molecule has 8 heteroatoms. The van der Waals surface area contributed by atoms with Crippen LogP contribution in [0.15, 0.2) is 103 Å². The van der Waals surface area contributed by atoms with Crippen molar-refractivity contribution in [3.63, 3.8) is 0 Å². The predicted molar refractivity (Wildman–Crippen MR) is 144 cm³/mol. The Morgan fingerprint density at radius 1 is 0.763 bits per heavy atom. The molecule has 0 saturated carbocycles. The Balaban J connectivity index is 1.37. The van der Waals surface area contributed by atoms with Crippen molar-refractivity contribution in [1.82, 2.24) is 5.32 Å². The lowest BCUT2D eigenvalue weighted by Crippen LogP contribution is -2.28. The topological polar surface area (TPSA) is 96.5 Å². The van der Waals surface area contributed by atoms with Crippen LogP contribution < -0.4 is 16.0 Å². The zero-order valence-electron chi connectivity index (χ0n) is 20.6. The number of rotatable bonds is 9. The number of anilines is 3. The number of amides is 2. The zero-order valence-corrected chi connectivity index (χ0v) is 20.6. The Bertz CT molecular complexity index is 1430. The van der Waals surface area contributed by atoms with E-state index in [1.807, 2.05) is 37.3 Å². The minimum atomic E-state index is -0.715. The Morgan fingerprint density at radius 3 is 2.08 bits per heavy atom. The predicted octanol–water partition coefficient (Wildman–Crippen LogP) is 5.86. The summed E-state index contributed by atoms with van der Waals surface area (Å²) in [6.45, 7) is 1.32. The summed E-state index contributed by atoms with van der Waals surface area (Å²) in [7, 11) is 0. The van der Waals surface area contributed by atoms with E-state index in [4.69, 9.17) is 4.74 Å². The summed E-state index contributed by atoms with van der Waals surface area (Å²) in [5.74, 6) is -2.04. The first-order chi connectivity index (χ1) is 18.4. The molecule has 1 unspecified atom stereocenters. The van der Waals surface area contributed by atoms with Crippen molar-refractivity contribution in [2.24, 2.45) is 0 Å². The minimum absolute atomic E-state index is 0.208. The third-order valence-corrected chi connectivity index (χ3v) is 5.70. The molecule has 38 heavy (non-hydrogen) atoms. The molecule has 3 N–H and O–H groups in total. The van der Waals surface area contributed by atoms with Crippen molar-refractivity contribution in [2.75, 3.05) is 17.2 Å². The van der Waals surface area contributed by atoms with Crippen molar-refractivity contribution < 1.29 is 23.5 Å². The van der Waals surface area contributed by atoms with Crippen LogP contribution in [0.3, 0.4) is 0 Å². The number of esters is 1. The number of carbonyl (C=O) groups excluding carboxylic acids is 3. The quantitative estimate of drug-likeness (QED) is 0.245. The number of carbonyl (C=O) groups is 3.